The topological polar surface area (TPSA) is 0 Å². The lowest BCUT2D eigenvalue weighted by molar-refractivity contribution is 0.577. The molecule has 2 heteroatoms. The SMILES string of the molecule is C=C=C(/C=C\C(=C/C)c1c(F)cccc1F)CC(C)C. The van der Waals surface area contributed by atoms with Gasteiger partial charge in [-0.25, -0.2) is 8.78 Å². The Labute approximate surface area is 119 Å². The molecule has 0 aliphatic rings. The molecule has 0 heterocycles. The Bertz CT molecular complexity index is 551. The number of allylic oxidation sites excluding steroid dienone is 5. The predicted octanol–water partition coefficient (Wildman–Crippen LogP) is 5.68. The van der Waals surface area contributed by atoms with Crippen LogP contribution in [0, 0.1) is 17.6 Å². The summed E-state index contributed by atoms with van der Waals surface area (Å²) in [5.41, 5.74) is 4.30. The second-order valence-corrected chi connectivity index (χ2v) is 4.97. The number of hydrogen-bond acceptors (Lipinski definition) is 0. The van der Waals surface area contributed by atoms with Gasteiger partial charge in [-0.1, -0.05) is 44.7 Å². The Morgan fingerprint density at radius 3 is 2.30 bits per heavy atom. The summed E-state index contributed by atoms with van der Waals surface area (Å²) in [6.07, 6.45) is 6.04. The molecule has 20 heavy (non-hydrogen) atoms. The van der Waals surface area contributed by atoms with Crippen molar-refractivity contribution in [3.63, 3.8) is 0 Å². The van der Waals surface area contributed by atoms with E-state index in [0.29, 0.717) is 11.5 Å². The Balaban J connectivity index is 3.08. The van der Waals surface area contributed by atoms with Crippen LogP contribution in [0.5, 0.6) is 0 Å². The molecule has 0 fully saturated rings. The van der Waals surface area contributed by atoms with Gasteiger partial charge >= 0.3 is 0 Å². The second-order valence-electron chi connectivity index (χ2n) is 4.97. The van der Waals surface area contributed by atoms with Crippen LogP contribution in [0.25, 0.3) is 5.57 Å². The molecule has 0 unspecified atom stereocenters. The highest BCUT2D eigenvalue weighted by Gasteiger charge is 2.10. The molecule has 0 radical (unpaired) electrons. The maximum atomic E-state index is 13.8. The van der Waals surface area contributed by atoms with Gasteiger partial charge in [-0.2, -0.15) is 0 Å². The van der Waals surface area contributed by atoms with Crippen molar-refractivity contribution in [3.05, 3.63) is 71.5 Å². The minimum Gasteiger partial charge on any atom is -0.206 e. The fourth-order valence-corrected chi connectivity index (χ4v) is 1.93. The van der Waals surface area contributed by atoms with Crippen molar-refractivity contribution >= 4 is 5.57 Å². The molecule has 0 nitrogen and oxygen atoms in total. The summed E-state index contributed by atoms with van der Waals surface area (Å²) in [6.45, 7) is 9.59. The molecule has 0 saturated heterocycles. The first kappa shape index (κ1) is 16.1. The molecule has 0 spiro atoms. The van der Waals surface area contributed by atoms with Gasteiger partial charge in [0, 0.05) is 0 Å². The van der Waals surface area contributed by atoms with Crippen LogP contribution in [0.1, 0.15) is 32.8 Å². The van der Waals surface area contributed by atoms with E-state index in [4.69, 9.17) is 0 Å². The van der Waals surface area contributed by atoms with Gasteiger partial charge in [0.1, 0.15) is 11.6 Å². The fraction of sp³-hybridized carbons (Fsp3) is 0.278. The minimum atomic E-state index is -0.559. The molecule has 0 bridgehead atoms. The summed E-state index contributed by atoms with van der Waals surface area (Å²) in [5.74, 6) is -0.644. The Morgan fingerprint density at radius 1 is 1.25 bits per heavy atom. The summed E-state index contributed by atoms with van der Waals surface area (Å²) in [7, 11) is 0. The number of rotatable bonds is 5. The van der Waals surface area contributed by atoms with Crippen LogP contribution in [0.2, 0.25) is 0 Å². The van der Waals surface area contributed by atoms with Gasteiger partial charge in [-0.05, 0) is 42.5 Å². The highest BCUT2D eigenvalue weighted by Crippen LogP contribution is 2.24. The van der Waals surface area contributed by atoms with Crippen LogP contribution < -0.4 is 0 Å². The zero-order valence-corrected chi connectivity index (χ0v) is 12.2. The summed E-state index contributed by atoms with van der Waals surface area (Å²) in [4.78, 5) is 0. The Kier molecular flexibility index (Phi) is 6.14. The highest BCUT2D eigenvalue weighted by molar-refractivity contribution is 5.75. The van der Waals surface area contributed by atoms with E-state index < -0.39 is 11.6 Å². The molecule has 0 saturated carbocycles. The number of hydrogen-bond donors (Lipinski definition) is 0. The molecule has 0 atom stereocenters. The summed E-state index contributed by atoms with van der Waals surface area (Å²) >= 11 is 0. The number of benzene rings is 1. The highest BCUT2D eigenvalue weighted by atomic mass is 19.1. The molecule has 1 aromatic rings. The predicted molar refractivity (Wildman–Crippen MR) is 81.3 cm³/mol. The van der Waals surface area contributed by atoms with Crippen molar-refractivity contribution in [1.82, 2.24) is 0 Å². The second kappa shape index (κ2) is 7.62. The normalized spacial score (nSPS) is 12.0. The van der Waals surface area contributed by atoms with Crippen LogP contribution in [0.15, 0.2) is 54.3 Å². The maximum absolute atomic E-state index is 13.8. The Hall–Kier alpha value is -1.92. The van der Waals surface area contributed by atoms with E-state index in [1.165, 1.54) is 18.2 Å². The van der Waals surface area contributed by atoms with Crippen LogP contribution in [-0.4, -0.2) is 0 Å². The molecule has 0 aromatic heterocycles. The van der Waals surface area contributed by atoms with Gasteiger partial charge in [-0.15, -0.1) is 5.73 Å². The van der Waals surface area contributed by atoms with Gasteiger partial charge in [0.05, 0.1) is 5.56 Å². The largest absolute Gasteiger partial charge is 0.206 e. The van der Waals surface area contributed by atoms with Crippen molar-refractivity contribution in [3.8, 4) is 0 Å². The first-order valence-corrected chi connectivity index (χ1v) is 6.67. The van der Waals surface area contributed by atoms with Crippen LogP contribution in [0.4, 0.5) is 8.78 Å². The molecular formula is C18H20F2. The lowest BCUT2D eigenvalue weighted by atomic mass is 10.00. The first-order chi connectivity index (χ1) is 9.49. The van der Waals surface area contributed by atoms with E-state index in [-0.39, 0.29) is 5.56 Å². The van der Waals surface area contributed by atoms with Crippen LogP contribution >= 0.6 is 0 Å². The zero-order chi connectivity index (χ0) is 15.1. The lowest BCUT2D eigenvalue weighted by Gasteiger charge is -2.07. The quantitative estimate of drug-likeness (QED) is 0.478. The van der Waals surface area contributed by atoms with E-state index in [1.807, 2.05) is 6.08 Å². The van der Waals surface area contributed by atoms with Crippen molar-refractivity contribution in [2.75, 3.05) is 0 Å². The Morgan fingerprint density at radius 2 is 1.85 bits per heavy atom. The third kappa shape index (κ3) is 4.32. The molecular weight excluding hydrogens is 254 g/mol. The van der Waals surface area contributed by atoms with E-state index >= 15 is 0 Å². The average molecular weight is 274 g/mol. The average Bonchev–Trinajstić information content (AvgIpc) is 2.40. The first-order valence-electron chi connectivity index (χ1n) is 6.67. The molecule has 1 rings (SSSR count). The van der Waals surface area contributed by atoms with Crippen molar-refractivity contribution in [1.29, 1.82) is 0 Å². The molecule has 0 aliphatic heterocycles. The van der Waals surface area contributed by atoms with Gasteiger partial charge in [0.15, 0.2) is 0 Å². The van der Waals surface area contributed by atoms with Crippen LogP contribution in [-0.2, 0) is 0 Å². The summed E-state index contributed by atoms with van der Waals surface area (Å²) in [5, 5.41) is 0. The van der Waals surface area contributed by atoms with Gasteiger partial charge in [0.2, 0.25) is 0 Å². The van der Waals surface area contributed by atoms with Crippen molar-refractivity contribution < 1.29 is 8.78 Å². The standard InChI is InChI=1S/C18H20F2/c1-5-14(12-13(3)4)10-11-15(6-2)18-16(19)8-7-9-17(18)20/h6-11,13H,1,12H2,2-4H3/b11-10-,15-6+. The van der Waals surface area contributed by atoms with Crippen molar-refractivity contribution in [2.24, 2.45) is 5.92 Å². The molecule has 0 N–H and O–H groups in total. The molecule has 0 amide bonds. The van der Waals surface area contributed by atoms with E-state index in [0.717, 1.165) is 12.0 Å². The van der Waals surface area contributed by atoms with E-state index in [9.17, 15) is 8.78 Å². The lowest BCUT2D eigenvalue weighted by Crippen LogP contribution is -1.93. The van der Waals surface area contributed by atoms with Gasteiger partial charge in [-0.3, -0.25) is 0 Å². The fourth-order valence-electron chi connectivity index (χ4n) is 1.93. The monoisotopic (exact) mass is 274 g/mol. The van der Waals surface area contributed by atoms with Gasteiger partial charge < -0.3 is 0 Å². The maximum Gasteiger partial charge on any atom is 0.133 e. The minimum absolute atomic E-state index is 0.000732. The third-order valence-corrected chi connectivity index (χ3v) is 2.88. The smallest absolute Gasteiger partial charge is 0.133 e. The summed E-state index contributed by atoms with van der Waals surface area (Å²) in [6, 6.07) is 3.88. The van der Waals surface area contributed by atoms with Gasteiger partial charge in [0.25, 0.3) is 0 Å². The molecule has 0 aliphatic carbocycles. The zero-order valence-electron chi connectivity index (χ0n) is 12.2. The van der Waals surface area contributed by atoms with Crippen molar-refractivity contribution in [2.45, 2.75) is 27.2 Å². The van der Waals surface area contributed by atoms with Crippen LogP contribution in [0.3, 0.4) is 0 Å². The van der Waals surface area contributed by atoms with E-state index in [1.54, 1.807) is 19.1 Å². The summed E-state index contributed by atoms with van der Waals surface area (Å²) < 4.78 is 27.5. The molecule has 1 aromatic carbocycles. The van der Waals surface area contributed by atoms with E-state index in [2.05, 4.69) is 26.2 Å². The third-order valence-electron chi connectivity index (χ3n) is 2.88. The number of halogens is 2. The molecule has 106 valence electrons.